The Balaban J connectivity index is 1.22. The Hall–Kier alpha value is -3.17. The second-order valence-corrected chi connectivity index (χ2v) is 11.8. The second-order valence-electron chi connectivity index (χ2n) is 9.57. The van der Waals surface area contributed by atoms with Gasteiger partial charge in [-0.3, -0.25) is 14.4 Å². The van der Waals surface area contributed by atoms with Crippen LogP contribution in [0.4, 0.5) is 11.4 Å². The van der Waals surface area contributed by atoms with E-state index in [0.29, 0.717) is 11.6 Å². The summed E-state index contributed by atoms with van der Waals surface area (Å²) in [5.74, 6) is -2.03. The molecule has 0 unspecified atom stereocenters. The number of hydrogen-bond acceptors (Lipinski definition) is 6. The number of benzene rings is 2. The summed E-state index contributed by atoms with van der Waals surface area (Å²) in [5, 5.41) is 15.5. The van der Waals surface area contributed by atoms with Crippen LogP contribution in [0.5, 0.6) is 0 Å². The number of amides is 2. The number of fused-ring (bicyclic) bond motifs is 3. The first-order chi connectivity index (χ1) is 17.3. The average Bonchev–Trinajstić information content (AvgIpc) is 3.57. The highest BCUT2D eigenvalue weighted by molar-refractivity contribution is 8.01. The van der Waals surface area contributed by atoms with E-state index < -0.39 is 17.8 Å². The predicted molar refractivity (Wildman–Crippen MR) is 143 cm³/mol. The zero-order valence-electron chi connectivity index (χ0n) is 19.9. The van der Waals surface area contributed by atoms with Gasteiger partial charge in [0.15, 0.2) is 4.34 Å². The zero-order valence-corrected chi connectivity index (χ0v) is 21.6. The number of para-hydroxylation sites is 1. The maximum atomic E-state index is 13.0. The van der Waals surface area contributed by atoms with Crippen LogP contribution < -0.4 is 10.6 Å². The third kappa shape index (κ3) is 4.90. The highest BCUT2D eigenvalue weighted by Crippen LogP contribution is 2.48. The van der Waals surface area contributed by atoms with Crippen molar-refractivity contribution < 1.29 is 19.5 Å². The smallest absolute Gasteiger partial charge is 0.307 e. The lowest BCUT2D eigenvalue weighted by Crippen LogP contribution is -2.36. The Morgan fingerprint density at radius 3 is 2.58 bits per heavy atom. The molecule has 186 valence electrons. The molecule has 9 heteroatoms. The second kappa shape index (κ2) is 10.1. The number of allylic oxidation sites excluding steroid dienone is 2. The quantitative estimate of drug-likeness (QED) is 0.263. The number of aliphatic carboxylic acids is 1. The molecule has 1 fully saturated rings. The number of anilines is 2. The highest BCUT2D eigenvalue weighted by Gasteiger charge is 2.51. The molecular weight excluding hydrogens is 494 g/mol. The zero-order chi connectivity index (χ0) is 25.4. The summed E-state index contributed by atoms with van der Waals surface area (Å²) >= 11 is 2.83. The summed E-state index contributed by atoms with van der Waals surface area (Å²) in [6, 6.07) is 13.3. The monoisotopic (exact) mass is 521 g/mol. The molecule has 3 aromatic rings. The van der Waals surface area contributed by atoms with E-state index in [4.69, 9.17) is 0 Å². The maximum absolute atomic E-state index is 13.0. The number of thioether (sulfide) groups is 1. The first kappa shape index (κ1) is 24.5. The van der Waals surface area contributed by atoms with E-state index in [2.05, 4.69) is 29.5 Å². The molecule has 1 saturated carbocycles. The summed E-state index contributed by atoms with van der Waals surface area (Å²) in [5.41, 5.74) is 3.34. The first-order valence-corrected chi connectivity index (χ1v) is 13.7. The van der Waals surface area contributed by atoms with Crippen LogP contribution in [0.15, 0.2) is 59.0 Å². The molecule has 0 aliphatic heterocycles. The van der Waals surface area contributed by atoms with Gasteiger partial charge in [-0.1, -0.05) is 56.0 Å². The number of aromatic nitrogens is 1. The van der Waals surface area contributed by atoms with E-state index in [0.717, 1.165) is 32.2 Å². The Morgan fingerprint density at radius 1 is 1.08 bits per heavy atom. The van der Waals surface area contributed by atoms with Crippen LogP contribution in [0.2, 0.25) is 0 Å². The molecule has 2 bridgehead atoms. The number of carboxylic acid groups (broad SMARTS) is 1. The van der Waals surface area contributed by atoms with Crippen molar-refractivity contribution in [3.8, 4) is 0 Å². The summed E-state index contributed by atoms with van der Waals surface area (Å²) in [6.45, 7) is 4.19. The largest absolute Gasteiger partial charge is 0.481 e. The van der Waals surface area contributed by atoms with Crippen molar-refractivity contribution in [2.45, 2.75) is 30.5 Å². The van der Waals surface area contributed by atoms with Gasteiger partial charge in [-0.25, -0.2) is 4.98 Å². The number of carboxylic acids is 1. The number of carbonyl (C=O) groups is 3. The van der Waals surface area contributed by atoms with E-state index in [9.17, 15) is 19.5 Å². The number of rotatable bonds is 8. The van der Waals surface area contributed by atoms with Crippen molar-refractivity contribution in [3.05, 3.63) is 60.2 Å². The van der Waals surface area contributed by atoms with Gasteiger partial charge < -0.3 is 15.7 Å². The Labute approximate surface area is 217 Å². The fourth-order valence-corrected chi connectivity index (χ4v) is 7.12. The predicted octanol–water partition coefficient (Wildman–Crippen LogP) is 5.61. The van der Waals surface area contributed by atoms with E-state index in [1.165, 1.54) is 23.1 Å². The van der Waals surface area contributed by atoms with Crippen LogP contribution >= 0.6 is 23.1 Å². The molecule has 1 aromatic heterocycles. The SMILES string of the molecule is CC(C)c1ccccc1NC(=O)CSc1nc2ccc(NC(=O)[C@H]3[C@@H](C(=O)O)[C@H]4C=C[C@H]3C4)cc2s1. The summed E-state index contributed by atoms with van der Waals surface area (Å²) < 4.78 is 1.66. The third-order valence-electron chi connectivity index (χ3n) is 6.87. The van der Waals surface area contributed by atoms with E-state index in [1.54, 1.807) is 6.07 Å². The molecule has 5 rings (SSSR count). The minimum atomic E-state index is -0.914. The molecule has 0 radical (unpaired) electrons. The van der Waals surface area contributed by atoms with Crippen molar-refractivity contribution in [2.24, 2.45) is 23.7 Å². The summed E-state index contributed by atoms with van der Waals surface area (Å²) in [6.07, 6.45) is 4.63. The van der Waals surface area contributed by atoms with E-state index in [-0.39, 0.29) is 29.4 Å². The van der Waals surface area contributed by atoms with Crippen molar-refractivity contribution in [1.29, 1.82) is 0 Å². The van der Waals surface area contributed by atoms with Gasteiger partial charge in [0.25, 0.3) is 0 Å². The molecule has 2 aromatic carbocycles. The lowest BCUT2D eigenvalue weighted by Gasteiger charge is -2.23. The molecule has 1 heterocycles. The minimum absolute atomic E-state index is 0.0233. The van der Waals surface area contributed by atoms with Gasteiger partial charge in [0, 0.05) is 11.4 Å². The van der Waals surface area contributed by atoms with Gasteiger partial charge in [-0.2, -0.15) is 0 Å². The number of carbonyl (C=O) groups excluding carboxylic acids is 2. The molecule has 7 nitrogen and oxygen atoms in total. The van der Waals surface area contributed by atoms with Crippen molar-refractivity contribution in [1.82, 2.24) is 4.98 Å². The van der Waals surface area contributed by atoms with Crippen molar-refractivity contribution in [3.63, 3.8) is 0 Å². The van der Waals surface area contributed by atoms with Crippen molar-refractivity contribution >= 4 is 62.5 Å². The fraction of sp³-hybridized carbons (Fsp3) is 0.333. The number of thiazole rings is 1. The maximum Gasteiger partial charge on any atom is 0.307 e. The number of nitrogens with one attached hydrogen (secondary N) is 2. The van der Waals surface area contributed by atoms with Gasteiger partial charge >= 0.3 is 5.97 Å². The normalized spacial score (nSPS) is 22.3. The standard InChI is InChI=1S/C27H27N3O4S2/c1-14(2)18-5-3-4-6-19(18)29-22(31)13-35-27-30-20-10-9-17(12-21(20)36-27)28-25(32)23-15-7-8-16(11-15)24(23)26(33)34/h3-10,12,14-16,23-24H,11,13H2,1-2H3,(H,28,32)(H,29,31)(H,33,34)/t15-,16-,23+,24-/m0/s1. The van der Waals surface area contributed by atoms with Crippen LogP contribution in [-0.2, 0) is 14.4 Å². The number of nitrogens with zero attached hydrogens (tertiary/aromatic N) is 1. The van der Waals surface area contributed by atoms with Gasteiger partial charge in [0.2, 0.25) is 11.8 Å². The molecule has 2 aliphatic carbocycles. The van der Waals surface area contributed by atoms with E-state index >= 15 is 0 Å². The molecule has 4 atom stereocenters. The van der Waals surface area contributed by atoms with Crippen LogP contribution in [0.1, 0.15) is 31.7 Å². The Bertz CT molecular complexity index is 1370. The Morgan fingerprint density at radius 2 is 1.83 bits per heavy atom. The van der Waals surface area contributed by atoms with E-state index in [1.807, 2.05) is 48.6 Å². The topological polar surface area (TPSA) is 108 Å². The minimum Gasteiger partial charge on any atom is -0.481 e. The highest BCUT2D eigenvalue weighted by atomic mass is 32.2. The van der Waals surface area contributed by atoms with Crippen LogP contribution in [0.25, 0.3) is 10.2 Å². The van der Waals surface area contributed by atoms with Crippen LogP contribution in [0, 0.1) is 23.7 Å². The van der Waals surface area contributed by atoms with Gasteiger partial charge in [0.05, 0.1) is 27.8 Å². The molecule has 36 heavy (non-hydrogen) atoms. The average molecular weight is 522 g/mol. The number of hydrogen-bond donors (Lipinski definition) is 3. The summed E-state index contributed by atoms with van der Waals surface area (Å²) in [7, 11) is 0. The third-order valence-corrected chi connectivity index (χ3v) is 9.03. The lowest BCUT2D eigenvalue weighted by atomic mass is 9.82. The van der Waals surface area contributed by atoms with Crippen molar-refractivity contribution in [2.75, 3.05) is 16.4 Å². The molecule has 0 spiro atoms. The first-order valence-electron chi connectivity index (χ1n) is 11.9. The molecule has 3 N–H and O–H groups in total. The fourth-order valence-electron chi connectivity index (χ4n) is 5.21. The summed E-state index contributed by atoms with van der Waals surface area (Å²) in [4.78, 5) is 41.9. The van der Waals surface area contributed by atoms with Gasteiger partial charge in [-0.05, 0) is 54.0 Å². The Kier molecular flexibility index (Phi) is 6.85. The van der Waals surface area contributed by atoms with Crippen LogP contribution in [-0.4, -0.2) is 33.6 Å². The molecule has 2 aliphatic rings. The van der Waals surface area contributed by atoms with Gasteiger partial charge in [-0.15, -0.1) is 11.3 Å². The molecule has 2 amide bonds. The van der Waals surface area contributed by atoms with Gasteiger partial charge in [0.1, 0.15) is 0 Å². The lowest BCUT2D eigenvalue weighted by molar-refractivity contribution is -0.146. The molecular formula is C27H27N3O4S2. The van der Waals surface area contributed by atoms with Crippen LogP contribution in [0.3, 0.4) is 0 Å². The molecule has 0 saturated heterocycles.